The number of aromatic nitrogens is 3. The van der Waals surface area contributed by atoms with Crippen molar-refractivity contribution < 1.29 is 0 Å². The molecule has 6 heteroatoms. The minimum absolute atomic E-state index is 0.152. The molecule has 2 rings (SSSR count). The first kappa shape index (κ1) is 11.8. The minimum Gasteiger partial charge on any atom is -0.370 e. The molecule has 0 radical (unpaired) electrons. The summed E-state index contributed by atoms with van der Waals surface area (Å²) < 4.78 is 0. The van der Waals surface area contributed by atoms with Crippen LogP contribution in [-0.4, -0.2) is 21.5 Å². The van der Waals surface area contributed by atoms with Crippen molar-refractivity contribution in [2.45, 2.75) is 19.9 Å². The van der Waals surface area contributed by atoms with E-state index in [-0.39, 0.29) is 6.04 Å². The molecule has 1 atom stereocenters. The van der Waals surface area contributed by atoms with Gasteiger partial charge in [-0.1, -0.05) is 0 Å². The Morgan fingerprint density at radius 1 is 1.29 bits per heavy atom. The van der Waals surface area contributed by atoms with Crippen molar-refractivity contribution in [3.8, 4) is 0 Å². The first-order chi connectivity index (χ1) is 8.29. The molecule has 0 aromatic carbocycles. The normalized spacial score (nSPS) is 12.1. The first-order valence-corrected chi connectivity index (χ1v) is 6.39. The molecule has 5 nitrogen and oxygen atoms in total. The molecular formula is C11H15N5S. The monoisotopic (exact) mass is 249 g/mol. The van der Waals surface area contributed by atoms with Crippen LogP contribution in [-0.2, 0) is 0 Å². The summed E-state index contributed by atoms with van der Waals surface area (Å²) in [5.74, 6) is 1.63. The molecule has 2 heterocycles. The van der Waals surface area contributed by atoms with E-state index in [0.29, 0.717) is 0 Å². The van der Waals surface area contributed by atoms with Crippen LogP contribution in [0.5, 0.6) is 0 Å². The highest BCUT2D eigenvalue weighted by Crippen LogP contribution is 2.20. The molecular weight excluding hydrogens is 234 g/mol. The Morgan fingerprint density at radius 3 is 2.82 bits per heavy atom. The van der Waals surface area contributed by atoms with Crippen molar-refractivity contribution in [2.75, 3.05) is 17.2 Å². The quantitative estimate of drug-likeness (QED) is 0.852. The predicted octanol–water partition coefficient (Wildman–Crippen LogP) is 2.54. The van der Waals surface area contributed by atoms with Crippen LogP contribution >= 0.6 is 11.3 Å². The average molecular weight is 249 g/mol. The van der Waals surface area contributed by atoms with Crippen molar-refractivity contribution in [3.05, 3.63) is 29.0 Å². The lowest BCUT2D eigenvalue weighted by Crippen LogP contribution is -2.08. The zero-order valence-electron chi connectivity index (χ0n) is 9.84. The molecule has 0 saturated carbocycles. The molecule has 0 amide bonds. The van der Waals surface area contributed by atoms with E-state index < -0.39 is 0 Å². The SMILES string of the molecule is CCNc1cc(NC(C)c2nccs2)ncn1. The Kier molecular flexibility index (Phi) is 3.87. The lowest BCUT2D eigenvalue weighted by molar-refractivity contribution is 0.858. The molecule has 0 aliphatic heterocycles. The number of nitrogens with one attached hydrogen (secondary N) is 2. The van der Waals surface area contributed by atoms with Crippen LogP contribution in [0, 0.1) is 0 Å². The Bertz CT molecular complexity index is 457. The third kappa shape index (κ3) is 3.13. The molecule has 0 saturated heterocycles. The average Bonchev–Trinajstić information content (AvgIpc) is 2.83. The predicted molar refractivity (Wildman–Crippen MR) is 70.3 cm³/mol. The van der Waals surface area contributed by atoms with E-state index in [1.54, 1.807) is 17.7 Å². The van der Waals surface area contributed by atoms with Gasteiger partial charge in [0.05, 0.1) is 6.04 Å². The number of rotatable bonds is 5. The fourth-order valence-electron chi connectivity index (χ4n) is 1.45. The van der Waals surface area contributed by atoms with E-state index in [4.69, 9.17) is 0 Å². The van der Waals surface area contributed by atoms with Gasteiger partial charge in [0.2, 0.25) is 0 Å². The van der Waals surface area contributed by atoms with Gasteiger partial charge in [-0.2, -0.15) is 0 Å². The van der Waals surface area contributed by atoms with Crippen LogP contribution in [0.2, 0.25) is 0 Å². The smallest absolute Gasteiger partial charge is 0.132 e. The van der Waals surface area contributed by atoms with Crippen LogP contribution in [0.3, 0.4) is 0 Å². The fourth-order valence-corrected chi connectivity index (χ4v) is 2.09. The number of nitrogens with zero attached hydrogens (tertiary/aromatic N) is 3. The van der Waals surface area contributed by atoms with Gasteiger partial charge < -0.3 is 10.6 Å². The van der Waals surface area contributed by atoms with Crippen molar-refractivity contribution in [1.82, 2.24) is 15.0 Å². The van der Waals surface area contributed by atoms with E-state index in [9.17, 15) is 0 Å². The van der Waals surface area contributed by atoms with Gasteiger partial charge in [-0.3, -0.25) is 0 Å². The summed E-state index contributed by atoms with van der Waals surface area (Å²) in [6, 6.07) is 2.05. The van der Waals surface area contributed by atoms with Crippen LogP contribution in [0.1, 0.15) is 24.9 Å². The fraction of sp³-hybridized carbons (Fsp3) is 0.364. The summed E-state index contributed by atoms with van der Waals surface area (Å²) in [6.45, 7) is 4.94. The van der Waals surface area contributed by atoms with Gasteiger partial charge in [0.25, 0.3) is 0 Å². The Morgan fingerprint density at radius 2 is 2.12 bits per heavy atom. The van der Waals surface area contributed by atoms with E-state index >= 15 is 0 Å². The van der Waals surface area contributed by atoms with Crippen LogP contribution in [0.15, 0.2) is 24.0 Å². The summed E-state index contributed by atoms with van der Waals surface area (Å²) in [5.41, 5.74) is 0. The van der Waals surface area contributed by atoms with Crippen LogP contribution in [0.25, 0.3) is 0 Å². The molecule has 90 valence electrons. The summed E-state index contributed by atoms with van der Waals surface area (Å²) in [7, 11) is 0. The van der Waals surface area contributed by atoms with Crippen molar-refractivity contribution in [2.24, 2.45) is 0 Å². The highest BCUT2D eigenvalue weighted by Gasteiger charge is 2.08. The highest BCUT2D eigenvalue weighted by atomic mass is 32.1. The standard InChI is InChI=1S/C11H15N5S/c1-3-12-9-6-10(15-7-14-9)16-8(2)11-13-4-5-17-11/h4-8H,3H2,1-2H3,(H2,12,14,15,16). The largest absolute Gasteiger partial charge is 0.370 e. The topological polar surface area (TPSA) is 62.7 Å². The molecule has 0 fully saturated rings. The molecule has 0 aliphatic carbocycles. The minimum atomic E-state index is 0.152. The summed E-state index contributed by atoms with van der Waals surface area (Å²) >= 11 is 1.63. The lowest BCUT2D eigenvalue weighted by atomic mass is 10.3. The maximum absolute atomic E-state index is 4.27. The zero-order valence-corrected chi connectivity index (χ0v) is 10.7. The second-order valence-electron chi connectivity index (χ2n) is 3.56. The third-order valence-corrected chi connectivity index (χ3v) is 3.17. The van der Waals surface area contributed by atoms with Gasteiger partial charge in [0.15, 0.2) is 0 Å². The number of hydrogen-bond donors (Lipinski definition) is 2. The summed E-state index contributed by atoms with van der Waals surface area (Å²) in [6.07, 6.45) is 3.36. The maximum atomic E-state index is 4.27. The molecule has 0 spiro atoms. The van der Waals surface area contributed by atoms with Crippen molar-refractivity contribution >= 4 is 23.0 Å². The third-order valence-electron chi connectivity index (χ3n) is 2.21. The van der Waals surface area contributed by atoms with Gasteiger partial charge in [-0.05, 0) is 13.8 Å². The van der Waals surface area contributed by atoms with Crippen LogP contribution in [0.4, 0.5) is 11.6 Å². The van der Waals surface area contributed by atoms with E-state index in [1.807, 2.05) is 24.6 Å². The Balaban J connectivity index is 2.05. The van der Waals surface area contributed by atoms with Gasteiger partial charge in [-0.15, -0.1) is 11.3 Å². The van der Waals surface area contributed by atoms with E-state index in [0.717, 1.165) is 23.2 Å². The van der Waals surface area contributed by atoms with Crippen molar-refractivity contribution in [3.63, 3.8) is 0 Å². The van der Waals surface area contributed by atoms with Gasteiger partial charge in [-0.25, -0.2) is 15.0 Å². The zero-order chi connectivity index (χ0) is 12.1. The molecule has 17 heavy (non-hydrogen) atoms. The maximum Gasteiger partial charge on any atom is 0.132 e. The number of hydrogen-bond acceptors (Lipinski definition) is 6. The van der Waals surface area contributed by atoms with Crippen molar-refractivity contribution in [1.29, 1.82) is 0 Å². The van der Waals surface area contributed by atoms with E-state index in [1.165, 1.54) is 0 Å². The van der Waals surface area contributed by atoms with Gasteiger partial charge in [0.1, 0.15) is 23.0 Å². The molecule has 2 N–H and O–H groups in total. The summed E-state index contributed by atoms with van der Waals surface area (Å²) in [5, 5.41) is 9.47. The number of thiazole rings is 1. The molecule has 2 aromatic heterocycles. The van der Waals surface area contributed by atoms with E-state index in [2.05, 4.69) is 32.5 Å². The lowest BCUT2D eigenvalue weighted by Gasteiger charge is -2.12. The molecule has 0 bridgehead atoms. The van der Waals surface area contributed by atoms with Crippen LogP contribution < -0.4 is 10.6 Å². The number of anilines is 2. The van der Waals surface area contributed by atoms with Gasteiger partial charge in [0, 0.05) is 24.2 Å². The molecule has 1 unspecified atom stereocenters. The molecule has 0 aliphatic rings. The Hall–Kier alpha value is -1.69. The highest BCUT2D eigenvalue weighted by molar-refractivity contribution is 7.09. The first-order valence-electron chi connectivity index (χ1n) is 5.51. The Labute approximate surface area is 104 Å². The second kappa shape index (κ2) is 5.58. The summed E-state index contributed by atoms with van der Waals surface area (Å²) in [4.78, 5) is 12.6. The van der Waals surface area contributed by atoms with Gasteiger partial charge >= 0.3 is 0 Å². The second-order valence-corrected chi connectivity index (χ2v) is 4.48. The molecule has 2 aromatic rings.